The topological polar surface area (TPSA) is 79.2 Å². The fraction of sp³-hybridized carbons (Fsp3) is 0.238. The van der Waals surface area contributed by atoms with E-state index in [-0.39, 0.29) is 11.5 Å². The number of rotatable bonds is 4. The summed E-state index contributed by atoms with van der Waals surface area (Å²) in [7, 11) is 1.60. The van der Waals surface area contributed by atoms with Gasteiger partial charge in [-0.2, -0.15) is 0 Å². The van der Waals surface area contributed by atoms with Crippen LogP contribution in [0.4, 0.5) is 5.69 Å². The average molecular weight is 488 g/mol. The van der Waals surface area contributed by atoms with E-state index in [9.17, 15) is 9.59 Å². The number of aromatic amines is 1. The molecule has 1 atom stereocenters. The number of carbonyl (C=O) groups excluding carboxylic acids is 1. The second kappa shape index (κ2) is 8.23. The molecule has 0 saturated carbocycles. The van der Waals surface area contributed by atoms with Crippen LogP contribution in [0.1, 0.15) is 25.1 Å². The van der Waals surface area contributed by atoms with Crippen LogP contribution >= 0.6 is 27.7 Å². The van der Waals surface area contributed by atoms with Crippen molar-refractivity contribution in [1.29, 1.82) is 0 Å². The van der Waals surface area contributed by atoms with Crippen LogP contribution in [-0.2, 0) is 4.79 Å². The molecule has 1 aromatic heterocycles. The SMILES string of the molecule is CCC(=O)N1c2ccccc2-c2c(=O)[nH]c(SC)n[n+]2[C@@H]1c1ccc(OC)c(Br)c1. The lowest BCUT2D eigenvalue weighted by molar-refractivity contribution is -0.763. The Bertz CT molecular complexity index is 1200. The molecule has 0 spiro atoms. The minimum absolute atomic E-state index is 0.0645. The van der Waals surface area contributed by atoms with E-state index < -0.39 is 6.17 Å². The Balaban J connectivity index is 2.07. The molecule has 0 fully saturated rings. The van der Waals surface area contributed by atoms with Crippen molar-refractivity contribution in [2.24, 2.45) is 0 Å². The van der Waals surface area contributed by atoms with Gasteiger partial charge in [0.05, 0.1) is 22.8 Å². The van der Waals surface area contributed by atoms with Gasteiger partial charge in [0.1, 0.15) is 5.75 Å². The van der Waals surface area contributed by atoms with Gasteiger partial charge in [0.15, 0.2) is 0 Å². The summed E-state index contributed by atoms with van der Waals surface area (Å²) in [4.78, 5) is 30.7. The highest BCUT2D eigenvalue weighted by Crippen LogP contribution is 2.39. The highest BCUT2D eigenvalue weighted by Gasteiger charge is 2.45. The summed E-state index contributed by atoms with van der Waals surface area (Å²) in [5.74, 6) is 0.613. The number of amides is 1. The first kappa shape index (κ1) is 20.6. The molecule has 30 heavy (non-hydrogen) atoms. The van der Waals surface area contributed by atoms with E-state index in [0.717, 1.165) is 10.0 Å². The normalized spacial score (nSPS) is 14.8. The zero-order chi connectivity index (χ0) is 21.4. The van der Waals surface area contributed by atoms with Crippen LogP contribution in [-0.4, -0.2) is 29.4 Å². The van der Waals surface area contributed by atoms with E-state index in [2.05, 4.69) is 26.0 Å². The van der Waals surface area contributed by atoms with Crippen molar-refractivity contribution in [3.63, 3.8) is 0 Å². The first-order valence-corrected chi connectivity index (χ1v) is 11.4. The van der Waals surface area contributed by atoms with Crippen LogP contribution in [0.15, 0.2) is 56.9 Å². The first-order chi connectivity index (χ1) is 14.5. The third-order valence-corrected chi connectivity index (χ3v) is 6.19. The number of methoxy groups -OCH3 is 1. The molecular weight excluding hydrogens is 468 g/mol. The van der Waals surface area contributed by atoms with Crippen molar-refractivity contribution < 1.29 is 14.2 Å². The third-order valence-electron chi connectivity index (χ3n) is 5.00. The Morgan fingerprint density at radius 2 is 2.10 bits per heavy atom. The van der Waals surface area contributed by atoms with E-state index in [1.54, 1.807) is 16.7 Å². The number of anilines is 1. The molecule has 1 aliphatic heterocycles. The van der Waals surface area contributed by atoms with Gasteiger partial charge in [-0.25, -0.2) is 4.90 Å². The fourth-order valence-electron chi connectivity index (χ4n) is 3.65. The fourth-order valence-corrected chi connectivity index (χ4v) is 4.57. The van der Waals surface area contributed by atoms with Crippen LogP contribution in [0.2, 0.25) is 0 Å². The Hall–Kier alpha value is -2.65. The first-order valence-electron chi connectivity index (χ1n) is 9.35. The number of ether oxygens (including phenoxy) is 1. The van der Waals surface area contributed by atoms with Crippen molar-refractivity contribution in [3.05, 3.63) is 62.9 Å². The van der Waals surface area contributed by atoms with Gasteiger partial charge >= 0.3 is 11.3 Å². The maximum atomic E-state index is 13.1. The van der Waals surface area contributed by atoms with Crippen molar-refractivity contribution in [2.45, 2.75) is 24.7 Å². The van der Waals surface area contributed by atoms with E-state index in [4.69, 9.17) is 4.74 Å². The lowest BCUT2D eigenvalue weighted by atomic mass is 10.0. The van der Waals surface area contributed by atoms with Crippen LogP contribution in [0, 0.1) is 0 Å². The zero-order valence-electron chi connectivity index (χ0n) is 16.7. The third kappa shape index (κ3) is 3.31. The molecule has 2 heterocycles. The maximum Gasteiger partial charge on any atom is 0.325 e. The molecule has 9 heteroatoms. The van der Waals surface area contributed by atoms with Crippen molar-refractivity contribution in [1.82, 2.24) is 10.1 Å². The van der Waals surface area contributed by atoms with Crippen LogP contribution in [0.5, 0.6) is 5.75 Å². The van der Waals surface area contributed by atoms with Gasteiger partial charge in [-0.15, -0.1) is 0 Å². The van der Waals surface area contributed by atoms with Crippen LogP contribution in [0.25, 0.3) is 11.3 Å². The summed E-state index contributed by atoms with van der Waals surface area (Å²) in [5.41, 5.74) is 2.33. The van der Waals surface area contributed by atoms with E-state index >= 15 is 0 Å². The van der Waals surface area contributed by atoms with Crippen molar-refractivity contribution in [3.8, 4) is 17.0 Å². The summed E-state index contributed by atoms with van der Waals surface area (Å²) in [6.07, 6.45) is 1.55. The molecule has 1 aliphatic rings. The number of benzene rings is 2. The lowest BCUT2D eigenvalue weighted by Crippen LogP contribution is -2.60. The zero-order valence-corrected chi connectivity index (χ0v) is 19.1. The predicted molar refractivity (Wildman–Crippen MR) is 119 cm³/mol. The number of carbonyl (C=O) groups is 1. The molecule has 0 radical (unpaired) electrons. The summed E-state index contributed by atoms with van der Waals surface area (Å²) in [6, 6.07) is 13.0. The molecule has 0 saturated heterocycles. The Morgan fingerprint density at radius 3 is 2.77 bits per heavy atom. The standard InChI is InChI=1S/C21H19BrN4O3S/c1-4-17(27)25-15-8-6-5-7-13(15)18-19(28)23-21(30-3)24-26(18)20(25)12-9-10-16(29-2)14(22)11-12/h5-11,20H,4H2,1-3H3/p+1/t20-/m1/s1. The minimum Gasteiger partial charge on any atom is -0.496 e. The largest absolute Gasteiger partial charge is 0.496 e. The summed E-state index contributed by atoms with van der Waals surface area (Å²) >= 11 is 4.87. The summed E-state index contributed by atoms with van der Waals surface area (Å²) < 4.78 is 7.76. The second-order valence-electron chi connectivity index (χ2n) is 6.66. The van der Waals surface area contributed by atoms with Crippen molar-refractivity contribution >= 4 is 39.3 Å². The number of nitrogens with zero attached hydrogens (tertiary/aromatic N) is 3. The monoisotopic (exact) mass is 487 g/mol. The molecule has 154 valence electrons. The van der Waals surface area contributed by atoms with E-state index in [1.165, 1.54) is 11.8 Å². The van der Waals surface area contributed by atoms with Gasteiger partial charge in [0.2, 0.25) is 11.1 Å². The molecule has 0 unspecified atom stereocenters. The number of para-hydroxylation sites is 1. The molecule has 0 aliphatic carbocycles. The lowest BCUT2D eigenvalue weighted by Gasteiger charge is -2.32. The summed E-state index contributed by atoms with van der Waals surface area (Å²) in [6.45, 7) is 1.82. The molecule has 4 rings (SSSR count). The Labute approximate surface area is 186 Å². The highest BCUT2D eigenvalue weighted by molar-refractivity contribution is 9.10. The van der Waals surface area contributed by atoms with Gasteiger partial charge in [-0.05, 0) is 57.2 Å². The predicted octanol–water partition coefficient (Wildman–Crippen LogP) is 3.52. The maximum absolute atomic E-state index is 13.1. The molecule has 2 aromatic carbocycles. The number of nitrogens with one attached hydrogen (secondary N) is 1. The van der Waals surface area contributed by atoms with Crippen LogP contribution < -0.4 is 19.9 Å². The molecule has 3 aromatic rings. The number of aromatic nitrogens is 3. The molecule has 1 amide bonds. The number of fused-ring (bicyclic) bond motifs is 3. The molecule has 7 nitrogen and oxygen atoms in total. The second-order valence-corrected chi connectivity index (χ2v) is 8.31. The van der Waals surface area contributed by atoms with Gasteiger partial charge in [-0.3, -0.25) is 14.6 Å². The smallest absolute Gasteiger partial charge is 0.325 e. The van der Waals surface area contributed by atoms with Crippen LogP contribution in [0.3, 0.4) is 0 Å². The number of thioether (sulfide) groups is 1. The molecule has 0 bridgehead atoms. The Morgan fingerprint density at radius 1 is 1.33 bits per heavy atom. The van der Waals surface area contributed by atoms with Crippen molar-refractivity contribution in [2.75, 3.05) is 18.3 Å². The quantitative estimate of drug-likeness (QED) is 0.449. The summed E-state index contributed by atoms with van der Waals surface area (Å²) in [5, 5.41) is 5.15. The number of H-pyrrole nitrogens is 1. The number of hydrogen-bond donors (Lipinski definition) is 1. The average Bonchev–Trinajstić information content (AvgIpc) is 2.77. The minimum atomic E-state index is -0.613. The Kier molecular flexibility index (Phi) is 5.66. The van der Waals surface area contributed by atoms with E-state index in [1.807, 2.05) is 55.6 Å². The number of halogens is 1. The van der Waals surface area contributed by atoms with E-state index in [0.29, 0.717) is 34.3 Å². The molecular formula is C21H20BrN4O3S+. The highest BCUT2D eigenvalue weighted by atomic mass is 79.9. The number of hydrogen-bond acceptors (Lipinski definition) is 5. The van der Waals surface area contributed by atoms with Gasteiger partial charge < -0.3 is 4.74 Å². The van der Waals surface area contributed by atoms with Gasteiger partial charge in [0, 0.05) is 17.1 Å². The molecule has 1 N–H and O–H groups in total. The van der Waals surface area contributed by atoms with Gasteiger partial charge in [0.25, 0.3) is 6.17 Å². The van der Waals surface area contributed by atoms with Gasteiger partial charge in [-0.1, -0.05) is 30.8 Å².